The zero-order valence-corrected chi connectivity index (χ0v) is 20.8. The molecule has 0 amide bonds. The fourth-order valence-electron chi connectivity index (χ4n) is 4.13. The lowest BCUT2D eigenvalue weighted by molar-refractivity contribution is 0.574. The smallest absolute Gasteiger partial charge is 0.0690 e. The molecule has 4 nitrogen and oxygen atoms in total. The number of nitrogens with one attached hydrogen (secondary N) is 1. The van der Waals surface area contributed by atoms with Gasteiger partial charge < -0.3 is 4.90 Å². The van der Waals surface area contributed by atoms with Crippen molar-refractivity contribution in [2.45, 2.75) is 111 Å². The highest BCUT2D eigenvalue weighted by Crippen LogP contribution is 2.25. The van der Waals surface area contributed by atoms with E-state index >= 15 is 0 Å². The van der Waals surface area contributed by atoms with Crippen LogP contribution < -0.4 is 4.90 Å². The van der Waals surface area contributed by atoms with E-state index in [1.807, 2.05) is 0 Å². The van der Waals surface area contributed by atoms with E-state index in [2.05, 4.69) is 66.2 Å². The molecule has 0 radical (unpaired) electrons. The molecule has 176 valence electrons. The zero-order chi connectivity index (χ0) is 22.6. The maximum absolute atomic E-state index is 3.42. The van der Waals surface area contributed by atoms with E-state index in [1.54, 1.807) is 18.0 Å². The van der Waals surface area contributed by atoms with Crippen LogP contribution in [0.3, 0.4) is 0 Å². The lowest BCUT2D eigenvalue weighted by Crippen LogP contribution is -2.27. The lowest BCUT2D eigenvalue weighted by Gasteiger charge is -2.28. The van der Waals surface area contributed by atoms with Crippen molar-refractivity contribution in [1.82, 2.24) is 15.4 Å². The van der Waals surface area contributed by atoms with Crippen LogP contribution in [-0.4, -0.2) is 28.5 Å². The van der Waals surface area contributed by atoms with Crippen molar-refractivity contribution in [1.29, 1.82) is 0 Å². The molecule has 0 bridgehead atoms. The fraction of sp³-hybridized carbons (Fsp3) is 0.704. The Labute approximate surface area is 192 Å². The second kappa shape index (κ2) is 18.9. The monoisotopic (exact) mass is 428 g/mol. The van der Waals surface area contributed by atoms with Crippen LogP contribution >= 0.6 is 0 Å². The van der Waals surface area contributed by atoms with Crippen molar-refractivity contribution >= 4 is 5.69 Å². The summed E-state index contributed by atoms with van der Waals surface area (Å²) in [6, 6.07) is 6.88. The van der Waals surface area contributed by atoms with Crippen LogP contribution in [0, 0.1) is 6.92 Å². The lowest BCUT2D eigenvalue weighted by atomic mass is 10.0. The van der Waals surface area contributed by atoms with Gasteiger partial charge in [-0.15, -0.1) is 5.10 Å². The van der Waals surface area contributed by atoms with E-state index in [0.717, 1.165) is 6.42 Å². The fourth-order valence-corrected chi connectivity index (χ4v) is 4.13. The molecule has 0 saturated carbocycles. The van der Waals surface area contributed by atoms with E-state index in [-0.39, 0.29) is 0 Å². The van der Waals surface area contributed by atoms with Gasteiger partial charge in [-0.25, -0.2) is 0 Å². The van der Waals surface area contributed by atoms with Gasteiger partial charge in [-0.2, -0.15) is 0 Å². The summed E-state index contributed by atoms with van der Waals surface area (Å²) >= 11 is 0. The quantitative estimate of drug-likeness (QED) is 0.276. The number of rotatable bonds is 16. The molecule has 1 aromatic heterocycles. The van der Waals surface area contributed by atoms with Gasteiger partial charge in [0, 0.05) is 25.0 Å². The molecule has 1 N–H and O–H groups in total. The number of aromatic nitrogens is 3. The summed E-state index contributed by atoms with van der Waals surface area (Å²) in [5.41, 5.74) is 4.53. The standard InChI is InChI=1S/C25H45N.C2H3N3/c1-5-8-10-12-14-16-21-26(22-17-15-13-11-9-6-2)25-20-18-19-23(4)24(25)7-3;1-2-4-5-3-1/h18-20H,5-17,21-22H2,1-4H3;1-2H,(H,3,4,5). The van der Waals surface area contributed by atoms with Crippen molar-refractivity contribution < 1.29 is 0 Å². The summed E-state index contributed by atoms with van der Waals surface area (Å²) < 4.78 is 0. The average Bonchev–Trinajstić information content (AvgIpc) is 3.37. The number of hydrogen-bond acceptors (Lipinski definition) is 3. The Morgan fingerprint density at radius 3 is 1.81 bits per heavy atom. The highest BCUT2D eigenvalue weighted by molar-refractivity contribution is 5.56. The number of anilines is 1. The first kappa shape index (κ1) is 27.2. The molecular formula is C27H48N4. The number of benzene rings is 1. The van der Waals surface area contributed by atoms with Gasteiger partial charge in [-0.3, -0.25) is 5.10 Å². The summed E-state index contributed by atoms with van der Waals surface area (Å²) in [7, 11) is 0. The molecule has 0 aliphatic rings. The molecular weight excluding hydrogens is 380 g/mol. The largest absolute Gasteiger partial charge is 0.371 e. The summed E-state index contributed by atoms with van der Waals surface area (Å²) in [6.45, 7) is 11.6. The predicted octanol–water partition coefficient (Wildman–Crippen LogP) is 7.89. The minimum absolute atomic E-state index is 1.14. The molecule has 0 saturated heterocycles. The Hall–Kier alpha value is -1.84. The van der Waals surface area contributed by atoms with Gasteiger partial charge in [0.05, 0.1) is 6.20 Å². The van der Waals surface area contributed by atoms with Crippen LogP contribution in [0.2, 0.25) is 0 Å². The second-order valence-electron chi connectivity index (χ2n) is 8.61. The molecule has 0 atom stereocenters. The van der Waals surface area contributed by atoms with Crippen LogP contribution in [0.1, 0.15) is 109 Å². The Kier molecular flexibility index (Phi) is 16.6. The topological polar surface area (TPSA) is 44.8 Å². The maximum Gasteiger partial charge on any atom is 0.0690 e. The zero-order valence-electron chi connectivity index (χ0n) is 20.8. The minimum Gasteiger partial charge on any atom is -0.371 e. The van der Waals surface area contributed by atoms with Crippen LogP contribution in [0.4, 0.5) is 5.69 Å². The molecule has 1 aromatic carbocycles. The first-order chi connectivity index (χ1) is 15.2. The summed E-state index contributed by atoms with van der Waals surface area (Å²) in [5.74, 6) is 0. The van der Waals surface area contributed by atoms with Crippen LogP contribution in [0.5, 0.6) is 0 Å². The Morgan fingerprint density at radius 2 is 1.35 bits per heavy atom. The SMILES string of the molecule is CCCCCCCCN(CCCCCCCC)c1cccc(C)c1CC.c1c[nH]nn1. The Morgan fingerprint density at radius 1 is 0.774 bits per heavy atom. The van der Waals surface area contributed by atoms with Crippen molar-refractivity contribution in [2.75, 3.05) is 18.0 Å². The van der Waals surface area contributed by atoms with Crippen molar-refractivity contribution in [3.8, 4) is 0 Å². The van der Waals surface area contributed by atoms with Gasteiger partial charge in [-0.05, 0) is 43.4 Å². The average molecular weight is 429 g/mol. The summed E-state index contributed by atoms with van der Waals surface area (Å²) in [6.07, 6.45) is 21.0. The van der Waals surface area contributed by atoms with E-state index < -0.39 is 0 Å². The van der Waals surface area contributed by atoms with Gasteiger partial charge in [-0.1, -0.05) is 102 Å². The van der Waals surface area contributed by atoms with Gasteiger partial charge >= 0.3 is 0 Å². The number of aryl methyl sites for hydroxylation is 1. The first-order valence-electron chi connectivity index (χ1n) is 12.9. The van der Waals surface area contributed by atoms with Gasteiger partial charge in [0.15, 0.2) is 0 Å². The van der Waals surface area contributed by atoms with Gasteiger partial charge in [0.2, 0.25) is 0 Å². The molecule has 0 unspecified atom stereocenters. The van der Waals surface area contributed by atoms with Gasteiger partial charge in [0.1, 0.15) is 0 Å². The molecule has 0 aliphatic carbocycles. The highest BCUT2D eigenvalue weighted by Gasteiger charge is 2.11. The predicted molar refractivity (Wildman–Crippen MR) is 136 cm³/mol. The normalized spacial score (nSPS) is 10.6. The third-order valence-corrected chi connectivity index (χ3v) is 5.97. The third-order valence-electron chi connectivity index (χ3n) is 5.97. The van der Waals surface area contributed by atoms with Crippen LogP contribution in [0.25, 0.3) is 0 Å². The van der Waals surface area contributed by atoms with Gasteiger partial charge in [0.25, 0.3) is 0 Å². The number of H-pyrrole nitrogens is 1. The van der Waals surface area contributed by atoms with E-state index in [9.17, 15) is 0 Å². The van der Waals surface area contributed by atoms with Crippen molar-refractivity contribution in [3.63, 3.8) is 0 Å². The second-order valence-corrected chi connectivity index (χ2v) is 8.61. The Balaban J connectivity index is 0.000000836. The molecule has 2 rings (SSSR count). The van der Waals surface area contributed by atoms with Crippen LogP contribution in [-0.2, 0) is 6.42 Å². The molecule has 0 fully saturated rings. The van der Waals surface area contributed by atoms with Crippen molar-refractivity contribution in [2.24, 2.45) is 0 Å². The molecule has 0 spiro atoms. The van der Waals surface area contributed by atoms with Crippen molar-refractivity contribution in [3.05, 3.63) is 41.7 Å². The molecule has 31 heavy (non-hydrogen) atoms. The highest BCUT2D eigenvalue weighted by atomic mass is 15.3. The number of hydrogen-bond donors (Lipinski definition) is 1. The molecule has 1 heterocycles. The van der Waals surface area contributed by atoms with E-state index in [1.165, 1.54) is 101 Å². The Bertz CT molecular complexity index is 591. The van der Waals surface area contributed by atoms with E-state index in [4.69, 9.17) is 0 Å². The third kappa shape index (κ3) is 12.6. The summed E-state index contributed by atoms with van der Waals surface area (Å²) in [4.78, 5) is 2.70. The molecule has 2 aromatic rings. The molecule has 0 aliphatic heterocycles. The maximum atomic E-state index is 3.42. The number of nitrogens with zero attached hydrogens (tertiary/aromatic N) is 3. The minimum atomic E-state index is 1.14. The summed E-state index contributed by atoms with van der Waals surface area (Å²) in [5, 5.41) is 9.26. The number of aromatic amines is 1. The first-order valence-corrected chi connectivity index (χ1v) is 12.9. The van der Waals surface area contributed by atoms with Crippen LogP contribution in [0.15, 0.2) is 30.6 Å². The van der Waals surface area contributed by atoms with E-state index in [0.29, 0.717) is 0 Å². The molecule has 4 heteroatoms. The number of unbranched alkanes of at least 4 members (excludes halogenated alkanes) is 10.